The molecule has 1 saturated heterocycles. The van der Waals surface area contributed by atoms with Gasteiger partial charge >= 0.3 is 0 Å². The molecule has 0 bridgehead atoms. The van der Waals surface area contributed by atoms with Gasteiger partial charge < -0.3 is 4.74 Å². The Morgan fingerprint density at radius 3 is 2.55 bits per heavy atom. The number of hydrogen-bond acceptors (Lipinski definition) is 1. The summed E-state index contributed by atoms with van der Waals surface area (Å²) in [4.78, 5) is 0. The second kappa shape index (κ2) is 2.78. The van der Waals surface area contributed by atoms with Crippen LogP contribution in [0, 0.1) is 17.8 Å². The van der Waals surface area contributed by atoms with Crippen molar-refractivity contribution >= 4 is 0 Å². The maximum absolute atomic E-state index is 5.37. The van der Waals surface area contributed by atoms with Crippen LogP contribution in [0.25, 0.3) is 0 Å². The zero-order chi connectivity index (χ0) is 7.84. The largest absolute Gasteiger partial charge is 0.373 e. The van der Waals surface area contributed by atoms with E-state index < -0.39 is 0 Å². The molecule has 1 heteroatoms. The van der Waals surface area contributed by atoms with Crippen molar-refractivity contribution in [1.82, 2.24) is 0 Å². The summed E-state index contributed by atoms with van der Waals surface area (Å²) in [7, 11) is 0. The molecule has 1 saturated carbocycles. The Labute approximate surface area is 69.1 Å². The lowest BCUT2D eigenvalue weighted by Gasteiger charge is -2.33. The van der Waals surface area contributed by atoms with Crippen molar-refractivity contribution in [3.8, 4) is 0 Å². The summed E-state index contributed by atoms with van der Waals surface area (Å²) in [6.07, 6.45) is 4.92. The van der Waals surface area contributed by atoms with Gasteiger partial charge in [-0.3, -0.25) is 0 Å². The van der Waals surface area contributed by atoms with Crippen LogP contribution >= 0.6 is 0 Å². The van der Waals surface area contributed by atoms with Gasteiger partial charge in [-0.05, 0) is 24.2 Å². The van der Waals surface area contributed by atoms with E-state index in [1.807, 2.05) is 0 Å². The normalized spacial score (nSPS) is 50.7. The van der Waals surface area contributed by atoms with Crippen LogP contribution in [0.3, 0.4) is 0 Å². The molecular weight excluding hydrogens is 136 g/mol. The molecule has 4 unspecified atom stereocenters. The van der Waals surface area contributed by atoms with Gasteiger partial charge in [0.1, 0.15) is 0 Å². The molecule has 1 heterocycles. The summed E-state index contributed by atoms with van der Waals surface area (Å²) < 4.78 is 5.37. The fraction of sp³-hybridized carbons (Fsp3) is 1.00. The molecule has 2 aliphatic rings. The quantitative estimate of drug-likeness (QED) is 0.528. The predicted octanol–water partition coefficient (Wildman–Crippen LogP) is 2.46. The average molecular weight is 154 g/mol. The minimum absolute atomic E-state index is 0.646. The van der Waals surface area contributed by atoms with Gasteiger partial charge in [-0.2, -0.15) is 0 Å². The lowest BCUT2D eigenvalue weighted by Crippen LogP contribution is -2.27. The van der Waals surface area contributed by atoms with E-state index in [9.17, 15) is 0 Å². The summed E-state index contributed by atoms with van der Waals surface area (Å²) in [5, 5.41) is 0. The van der Waals surface area contributed by atoms with E-state index in [2.05, 4.69) is 13.8 Å². The van der Waals surface area contributed by atoms with Gasteiger partial charge in [-0.1, -0.05) is 26.7 Å². The van der Waals surface area contributed by atoms with Crippen LogP contribution in [0.1, 0.15) is 33.1 Å². The molecule has 2 rings (SSSR count). The van der Waals surface area contributed by atoms with Gasteiger partial charge in [-0.25, -0.2) is 0 Å². The van der Waals surface area contributed by atoms with Gasteiger partial charge in [0.05, 0.1) is 12.7 Å². The molecule has 1 aliphatic heterocycles. The van der Waals surface area contributed by atoms with Crippen LogP contribution in [0.15, 0.2) is 0 Å². The predicted molar refractivity (Wildman–Crippen MR) is 45.4 cm³/mol. The first-order valence-electron chi connectivity index (χ1n) is 4.90. The summed E-state index contributed by atoms with van der Waals surface area (Å²) in [5.41, 5.74) is 0. The third kappa shape index (κ3) is 1.44. The second-order valence-electron chi connectivity index (χ2n) is 4.30. The highest BCUT2D eigenvalue weighted by atomic mass is 16.6. The van der Waals surface area contributed by atoms with Crippen molar-refractivity contribution in [2.24, 2.45) is 17.8 Å². The summed E-state index contributed by atoms with van der Waals surface area (Å²) >= 11 is 0. The Balaban J connectivity index is 1.95. The zero-order valence-corrected chi connectivity index (χ0v) is 7.55. The van der Waals surface area contributed by atoms with E-state index in [0.717, 1.165) is 24.4 Å². The maximum atomic E-state index is 5.37. The fourth-order valence-corrected chi connectivity index (χ4v) is 2.45. The number of rotatable bonds is 1. The molecule has 4 atom stereocenters. The Morgan fingerprint density at radius 2 is 1.91 bits per heavy atom. The minimum Gasteiger partial charge on any atom is -0.373 e. The van der Waals surface area contributed by atoms with Crippen LogP contribution in [-0.4, -0.2) is 12.7 Å². The molecule has 0 aromatic carbocycles. The molecule has 0 spiro atoms. The van der Waals surface area contributed by atoms with Gasteiger partial charge in [0.25, 0.3) is 0 Å². The van der Waals surface area contributed by atoms with E-state index in [4.69, 9.17) is 4.74 Å². The Morgan fingerprint density at radius 1 is 1.18 bits per heavy atom. The first-order chi connectivity index (χ1) is 5.29. The average Bonchev–Trinajstić information content (AvgIpc) is 2.77. The third-order valence-electron chi connectivity index (χ3n) is 3.61. The summed E-state index contributed by atoms with van der Waals surface area (Å²) in [5.74, 6) is 2.72. The van der Waals surface area contributed by atoms with E-state index >= 15 is 0 Å². The molecule has 0 radical (unpaired) electrons. The van der Waals surface area contributed by atoms with Crippen molar-refractivity contribution in [3.05, 3.63) is 0 Å². The molecule has 2 fully saturated rings. The lowest BCUT2D eigenvalue weighted by molar-refractivity contribution is 0.147. The van der Waals surface area contributed by atoms with Gasteiger partial charge in [-0.15, -0.1) is 0 Å². The molecule has 1 aliphatic carbocycles. The molecule has 0 amide bonds. The Kier molecular flexibility index (Phi) is 1.92. The fourth-order valence-electron chi connectivity index (χ4n) is 2.45. The van der Waals surface area contributed by atoms with Crippen LogP contribution < -0.4 is 0 Å². The Hall–Kier alpha value is -0.0400. The first kappa shape index (κ1) is 7.60. The minimum atomic E-state index is 0.646. The molecule has 64 valence electrons. The number of ether oxygens (including phenoxy) is 1. The molecule has 11 heavy (non-hydrogen) atoms. The summed E-state index contributed by atoms with van der Waals surface area (Å²) in [6.45, 7) is 5.83. The standard InChI is InChI=1S/C10H18O/c1-7-4-3-5-9(8(7)2)10-6-11-10/h7-10H,3-6H2,1-2H3. The molecule has 1 nitrogen and oxygen atoms in total. The van der Waals surface area contributed by atoms with E-state index in [-0.39, 0.29) is 0 Å². The van der Waals surface area contributed by atoms with E-state index in [0.29, 0.717) is 6.10 Å². The third-order valence-corrected chi connectivity index (χ3v) is 3.61. The van der Waals surface area contributed by atoms with Crippen molar-refractivity contribution in [2.75, 3.05) is 6.61 Å². The van der Waals surface area contributed by atoms with E-state index in [1.165, 1.54) is 19.3 Å². The maximum Gasteiger partial charge on any atom is 0.0840 e. The van der Waals surface area contributed by atoms with Crippen molar-refractivity contribution < 1.29 is 4.74 Å². The number of hydrogen-bond donors (Lipinski definition) is 0. The smallest absolute Gasteiger partial charge is 0.0840 e. The van der Waals surface area contributed by atoms with Crippen molar-refractivity contribution in [1.29, 1.82) is 0 Å². The first-order valence-corrected chi connectivity index (χ1v) is 4.90. The number of epoxide rings is 1. The van der Waals surface area contributed by atoms with Crippen molar-refractivity contribution in [2.45, 2.75) is 39.2 Å². The highest BCUT2D eigenvalue weighted by molar-refractivity contribution is 4.87. The Bertz CT molecular complexity index is 140. The van der Waals surface area contributed by atoms with Gasteiger partial charge in [0, 0.05) is 0 Å². The SMILES string of the molecule is CC1CCCC(C2CO2)C1C. The highest BCUT2D eigenvalue weighted by Gasteiger charge is 2.39. The zero-order valence-electron chi connectivity index (χ0n) is 7.55. The van der Waals surface area contributed by atoms with Gasteiger partial charge in [0.15, 0.2) is 0 Å². The van der Waals surface area contributed by atoms with Crippen LogP contribution in [0.5, 0.6) is 0 Å². The van der Waals surface area contributed by atoms with Crippen LogP contribution in [0.4, 0.5) is 0 Å². The van der Waals surface area contributed by atoms with Gasteiger partial charge in [0.2, 0.25) is 0 Å². The molecule has 0 aromatic rings. The highest BCUT2D eigenvalue weighted by Crippen LogP contribution is 2.40. The summed E-state index contributed by atoms with van der Waals surface area (Å²) in [6, 6.07) is 0. The van der Waals surface area contributed by atoms with Crippen molar-refractivity contribution in [3.63, 3.8) is 0 Å². The van der Waals surface area contributed by atoms with Crippen LogP contribution in [0.2, 0.25) is 0 Å². The monoisotopic (exact) mass is 154 g/mol. The lowest BCUT2D eigenvalue weighted by atomic mass is 9.72. The second-order valence-corrected chi connectivity index (χ2v) is 4.30. The van der Waals surface area contributed by atoms with Crippen LogP contribution in [-0.2, 0) is 4.74 Å². The molecule has 0 aromatic heterocycles. The topological polar surface area (TPSA) is 12.5 Å². The van der Waals surface area contributed by atoms with E-state index in [1.54, 1.807) is 0 Å². The molecule has 0 N–H and O–H groups in total. The molecular formula is C10H18O.